The number of carbonyl (C=O) groups excluding carboxylic acids is 2. The Bertz CT molecular complexity index is 764. The third kappa shape index (κ3) is 4.80. The zero-order chi connectivity index (χ0) is 17.7. The van der Waals surface area contributed by atoms with Crippen LogP contribution in [0.4, 0.5) is 10.1 Å². The summed E-state index contributed by atoms with van der Waals surface area (Å²) in [5.41, 5.74) is 1.78. The first-order valence-electron chi connectivity index (χ1n) is 7.36. The number of anilines is 1. The lowest BCUT2D eigenvalue weighted by Crippen LogP contribution is -2.30. The van der Waals surface area contributed by atoms with Crippen molar-refractivity contribution in [2.45, 2.75) is 26.4 Å². The topological polar surface area (TPSA) is 55.4 Å². The maximum atomic E-state index is 13.7. The van der Waals surface area contributed by atoms with Crippen LogP contribution in [0.15, 0.2) is 42.5 Å². The number of rotatable bonds is 5. The summed E-state index contributed by atoms with van der Waals surface area (Å²) in [6.07, 6.45) is -0.976. The van der Waals surface area contributed by atoms with Crippen molar-refractivity contribution in [2.75, 3.05) is 5.32 Å². The molecule has 0 fully saturated rings. The average Bonchev–Trinajstić information content (AvgIpc) is 2.52. The Balaban J connectivity index is 1.93. The van der Waals surface area contributed by atoms with E-state index in [1.165, 1.54) is 19.1 Å². The molecule has 126 valence electrons. The highest BCUT2D eigenvalue weighted by molar-refractivity contribution is 6.30. The van der Waals surface area contributed by atoms with Gasteiger partial charge < -0.3 is 10.1 Å². The second kappa shape index (κ2) is 7.93. The van der Waals surface area contributed by atoms with Crippen molar-refractivity contribution in [1.82, 2.24) is 0 Å². The third-order valence-electron chi connectivity index (χ3n) is 3.46. The van der Waals surface area contributed by atoms with Crippen LogP contribution < -0.4 is 5.32 Å². The molecule has 6 heteroatoms. The number of benzene rings is 2. The van der Waals surface area contributed by atoms with Gasteiger partial charge in [-0.15, -0.1) is 0 Å². The van der Waals surface area contributed by atoms with Gasteiger partial charge in [0.05, 0.1) is 12.1 Å². The molecule has 24 heavy (non-hydrogen) atoms. The van der Waals surface area contributed by atoms with Gasteiger partial charge in [0.25, 0.3) is 5.91 Å². The maximum Gasteiger partial charge on any atom is 0.311 e. The summed E-state index contributed by atoms with van der Waals surface area (Å²) in [5.74, 6) is -1.80. The summed E-state index contributed by atoms with van der Waals surface area (Å²) in [6, 6.07) is 11.3. The zero-order valence-electron chi connectivity index (χ0n) is 13.3. The molecule has 2 aromatic rings. The van der Waals surface area contributed by atoms with E-state index < -0.39 is 23.8 Å². The summed E-state index contributed by atoms with van der Waals surface area (Å²) >= 11 is 5.65. The van der Waals surface area contributed by atoms with E-state index in [0.717, 1.165) is 17.2 Å². The summed E-state index contributed by atoms with van der Waals surface area (Å²) in [7, 11) is 0. The van der Waals surface area contributed by atoms with E-state index in [1.807, 2.05) is 31.2 Å². The quantitative estimate of drug-likeness (QED) is 0.833. The molecule has 4 nitrogen and oxygen atoms in total. The van der Waals surface area contributed by atoms with Crippen LogP contribution in [0, 0.1) is 12.7 Å². The van der Waals surface area contributed by atoms with Gasteiger partial charge in [-0.25, -0.2) is 4.39 Å². The predicted molar refractivity (Wildman–Crippen MR) is 90.5 cm³/mol. The third-order valence-corrected chi connectivity index (χ3v) is 3.70. The minimum atomic E-state index is -1.04. The first-order valence-corrected chi connectivity index (χ1v) is 7.74. The number of amides is 1. The lowest BCUT2D eigenvalue weighted by molar-refractivity contribution is -0.152. The molecule has 1 N–H and O–H groups in total. The van der Waals surface area contributed by atoms with E-state index in [1.54, 1.807) is 0 Å². The fraction of sp³-hybridized carbons (Fsp3) is 0.222. The Morgan fingerprint density at radius 1 is 1.25 bits per heavy atom. The molecule has 1 atom stereocenters. The highest BCUT2D eigenvalue weighted by atomic mass is 35.5. The second-order valence-corrected chi connectivity index (χ2v) is 5.79. The van der Waals surface area contributed by atoms with Gasteiger partial charge >= 0.3 is 5.97 Å². The first kappa shape index (κ1) is 17.9. The zero-order valence-corrected chi connectivity index (χ0v) is 14.1. The summed E-state index contributed by atoms with van der Waals surface area (Å²) < 4.78 is 18.8. The average molecular weight is 350 g/mol. The maximum absolute atomic E-state index is 13.7. The Hall–Kier alpha value is -2.40. The molecule has 0 aliphatic carbocycles. The number of hydrogen-bond acceptors (Lipinski definition) is 3. The number of esters is 1. The highest BCUT2D eigenvalue weighted by Gasteiger charge is 2.19. The molecule has 0 aromatic heterocycles. The van der Waals surface area contributed by atoms with Crippen LogP contribution in [0.5, 0.6) is 0 Å². The van der Waals surface area contributed by atoms with Gasteiger partial charge in [-0.2, -0.15) is 0 Å². The van der Waals surface area contributed by atoms with Crippen LogP contribution in [0.2, 0.25) is 5.02 Å². The summed E-state index contributed by atoms with van der Waals surface area (Å²) in [6.45, 7) is 3.32. The van der Waals surface area contributed by atoms with Crippen molar-refractivity contribution >= 4 is 29.2 Å². The summed E-state index contributed by atoms with van der Waals surface area (Å²) in [5, 5.41) is 2.59. The fourth-order valence-electron chi connectivity index (χ4n) is 2.08. The van der Waals surface area contributed by atoms with Crippen molar-refractivity contribution in [3.8, 4) is 0 Å². The van der Waals surface area contributed by atoms with Crippen LogP contribution >= 0.6 is 11.6 Å². The molecule has 0 aliphatic heterocycles. The smallest absolute Gasteiger partial charge is 0.311 e. The molecule has 0 saturated heterocycles. The van der Waals surface area contributed by atoms with Crippen molar-refractivity contribution < 1.29 is 18.7 Å². The Labute approximate surface area is 144 Å². The van der Waals surface area contributed by atoms with Crippen molar-refractivity contribution in [3.05, 3.63) is 64.4 Å². The Kier molecular flexibility index (Phi) is 5.93. The number of ether oxygens (including phenoxy) is 1. The number of hydrogen-bond donors (Lipinski definition) is 1. The van der Waals surface area contributed by atoms with Gasteiger partial charge in [0.1, 0.15) is 5.82 Å². The van der Waals surface area contributed by atoms with Crippen LogP contribution in [0.25, 0.3) is 0 Å². The fourth-order valence-corrected chi connectivity index (χ4v) is 2.24. The van der Waals surface area contributed by atoms with Gasteiger partial charge in [0.2, 0.25) is 0 Å². The van der Waals surface area contributed by atoms with Gasteiger partial charge in [0.15, 0.2) is 6.10 Å². The second-order valence-electron chi connectivity index (χ2n) is 5.35. The number of carbonyl (C=O) groups is 2. The van der Waals surface area contributed by atoms with Gasteiger partial charge in [-0.3, -0.25) is 9.59 Å². The van der Waals surface area contributed by atoms with Crippen molar-refractivity contribution in [2.24, 2.45) is 0 Å². The van der Waals surface area contributed by atoms with E-state index in [2.05, 4.69) is 5.32 Å². The molecule has 2 aromatic carbocycles. The monoisotopic (exact) mass is 349 g/mol. The molecule has 0 saturated carbocycles. The standard InChI is InChI=1S/C18H17ClFNO3/c1-11-5-3-4-6-13(11)9-17(22)24-12(2)18(23)21-16-8-7-14(19)10-15(16)20/h3-8,10,12H,9H2,1-2H3,(H,21,23)/t12-/m0/s1. The largest absolute Gasteiger partial charge is 0.452 e. The Morgan fingerprint density at radius 2 is 1.96 bits per heavy atom. The Morgan fingerprint density at radius 3 is 2.62 bits per heavy atom. The van der Waals surface area contributed by atoms with Gasteiger partial charge in [-0.05, 0) is 43.2 Å². The van der Waals surface area contributed by atoms with Gasteiger partial charge in [-0.1, -0.05) is 35.9 Å². The molecule has 2 rings (SSSR count). The van der Waals surface area contributed by atoms with E-state index in [-0.39, 0.29) is 17.1 Å². The van der Waals surface area contributed by atoms with Crippen molar-refractivity contribution in [3.63, 3.8) is 0 Å². The predicted octanol–water partition coefficient (Wildman–Crippen LogP) is 3.90. The lowest BCUT2D eigenvalue weighted by atomic mass is 10.1. The summed E-state index contributed by atoms with van der Waals surface area (Å²) in [4.78, 5) is 24.0. The molecule has 0 heterocycles. The van der Waals surface area contributed by atoms with Crippen molar-refractivity contribution in [1.29, 1.82) is 0 Å². The number of nitrogens with one attached hydrogen (secondary N) is 1. The first-order chi connectivity index (χ1) is 11.4. The molecule has 0 radical (unpaired) electrons. The molecule has 1 amide bonds. The minimum Gasteiger partial charge on any atom is -0.452 e. The molecule has 0 unspecified atom stereocenters. The van der Waals surface area contributed by atoms with Crippen LogP contribution in [-0.4, -0.2) is 18.0 Å². The minimum absolute atomic E-state index is 0.0220. The lowest BCUT2D eigenvalue weighted by Gasteiger charge is -2.14. The molecular formula is C18H17ClFNO3. The number of aryl methyl sites for hydroxylation is 1. The van der Waals surface area contributed by atoms with Crippen LogP contribution in [0.3, 0.4) is 0 Å². The highest BCUT2D eigenvalue weighted by Crippen LogP contribution is 2.19. The number of halogens is 2. The molecule has 0 bridgehead atoms. The van der Waals surface area contributed by atoms with E-state index in [9.17, 15) is 14.0 Å². The van der Waals surface area contributed by atoms with E-state index >= 15 is 0 Å². The molecule has 0 spiro atoms. The van der Waals surface area contributed by atoms with E-state index in [4.69, 9.17) is 16.3 Å². The van der Waals surface area contributed by atoms with Crippen LogP contribution in [0.1, 0.15) is 18.1 Å². The van der Waals surface area contributed by atoms with E-state index in [0.29, 0.717) is 0 Å². The SMILES string of the molecule is Cc1ccccc1CC(=O)O[C@@H](C)C(=O)Nc1ccc(Cl)cc1F. The molecular weight excluding hydrogens is 333 g/mol. The molecule has 0 aliphatic rings. The van der Waals surface area contributed by atoms with Crippen LogP contribution in [-0.2, 0) is 20.7 Å². The van der Waals surface area contributed by atoms with Gasteiger partial charge in [0, 0.05) is 5.02 Å². The normalized spacial score (nSPS) is 11.7.